The summed E-state index contributed by atoms with van der Waals surface area (Å²) in [5.41, 5.74) is 5.90. The Hall–Kier alpha value is -0.830. The smallest absolute Gasteiger partial charge is 0.0223 e. The van der Waals surface area contributed by atoms with Gasteiger partial charge in [0.1, 0.15) is 0 Å². The van der Waals surface area contributed by atoms with Gasteiger partial charge in [-0.05, 0) is 34.7 Å². The predicted molar refractivity (Wildman–Crippen MR) is 81.2 cm³/mol. The molecule has 0 radical (unpaired) electrons. The van der Waals surface area contributed by atoms with Gasteiger partial charge in [0, 0.05) is 17.6 Å². The lowest BCUT2D eigenvalue weighted by molar-refractivity contribution is 0.764. The van der Waals surface area contributed by atoms with E-state index in [0.717, 1.165) is 13.1 Å². The highest BCUT2D eigenvalue weighted by molar-refractivity contribution is 9.10. The van der Waals surface area contributed by atoms with Crippen LogP contribution in [-0.4, -0.2) is 0 Å². The summed E-state index contributed by atoms with van der Waals surface area (Å²) >= 11 is 3.51. The monoisotopic (exact) mass is 323 g/mol. The van der Waals surface area contributed by atoms with Gasteiger partial charge in [-0.2, -0.15) is 0 Å². The molecule has 18 heavy (non-hydrogen) atoms. The van der Waals surface area contributed by atoms with Gasteiger partial charge in [-0.15, -0.1) is 12.4 Å². The van der Waals surface area contributed by atoms with Gasteiger partial charge in [0.2, 0.25) is 0 Å². The molecule has 2 aromatic rings. The molecular weight excluding hydrogens is 310 g/mol. The van der Waals surface area contributed by atoms with Crippen LogP contribution in [0.4, 0.5) is 0 Å². The maximum atomic E-state index is 3.51. The Morgan fingerprint density at radius 1 is 0.833 bits per heavy atom. The van der Waals surface area contributed by atoms with Crippen molar-refractivity contribution < 1.29 is 0 Å². The topological polar surface area (TPSA) is 12.0 Å². The quantitative estimate of drug-likeness (QED) is 0.657. The van der Waals surface area contributed by atoms with Gasteiger partial charge in [0.25, 0.3) is 0 Å². The molecule has 0 amide bonds. The van der Waals surface area contributed by atoms with Gasteiger partial charge in [-0.25, -0.2) is 0 Å². The molecule has 0 atom stereocenters. The van der Waals surface area contributed by atoms with Crippen molar-refractivity contribution in [3.8, 4) is 0 Å². The summed E-state index contributed by atoms with van der Waals surface area (Å²) in [5.74, 6) is 0. The van der Waals surface area contributed by atoms with E-state index in [1.54, 1.807) is 0 Å². The summed E-state index contributed by atoms with van der Waals surface area (Å²) in [6.45, 7) is 2.03. The lowest BCUT2D eigenvalue weighted by atomic mass is 10.1. The second kappa shape index (κ2) is 5.87. The molecule has 0 saturated carbocycles. The van der Waals surface area contributed by atoms with E-state index >= 15 is 0 Å². The molecule has 0 spiro atoms. The van der Waals surface area contributed by atoms with E-state index in [9.17, 15) is 0 Å². The minimum absolute atomic E-state index is 0. The number of fused-ring (bicyclic) bond motifs is 2. The standard InChI is InChI=1S/C8H8BrN.C7H6.ClH/c9-8-3-1-2-6-4-10-5-7(6)8;1-2-4-7-5-6(7)3-1;/h1-3,10H,4-5H2;1-4H,5H2;1H. The van der Waals surface area contributed by atoms with Crippen molar-refractivity contribution in [1.29, 1.82) is 0 Å². The normalized spacial score (nSPS) is 13.6. The first-order valence-electron chi connectivity index (χ1n) is 5.88. The minimum Gasteiger partial charge on any atom is -0.309 e. The molecule has 0 saturated heterocycles. The number of halogens is 2. The number of hydrogen-bond donors (Lipinski definition) is 1. The molecule has 2 aliphatic rings. The predicted octanol–water partition coefficient (Wildman–Crippen LogP) is 4.06. The Morgan fingerprint density at radius 3 is 2.11 bits per heavy atom. The molecule has 1 nitrogen and oxygen atoms in total. The molecule has 1 N–H and O–H groups in total. The van der Waals surface area contributed by atoms with Crippen LogP contribution < -0.4 is 5.32 Å². The maximum absolute atomic E-state index is 3.51. The third kappa shape index (κ3) is 2.94. The van der Waals surface area contributed by atoms with Gasteiger partial charge in [0.05, 0.1) is 0 Å². The van der Waals surface area contributed by atoms with Gasteiger partial charge < -0.3 is 5.32 Å². The van der Waals surface area contributed by atoms with Crippen LogP contribution in [0.5, 0.6) is 0 Å². The Morgan fingerprint density at radius 2 is 1.50 bits per heavy atom. The zero-order valence-electron chi connectivity index (χ0n) is 9.95. The third-order valence-corrected chi connectivity index (χ3v) is 3.95. The van der Waals surface area contributed by atoms with E-state index in [1.807, 2.05) is 0 Å². The van der Waals surface area contributed by atoms with Crippen LogP contribution in [0.3, 0.4) is 0 Å². The van der Waals surface area contributed by atoms with E-state index in [4.69, 9.17) is 0 Å². The lowest BCUT2D eigenvalue weighted by Crippen LogP contribution is -2.00. The summed E-state index contributed by atoms with van der Waals surface area (Å²) in [6.07, 6.45) is 1.24. The molecule has 0 fully saturated rings. The summed E-state index contributed by atoms with van der Waals surface area (Å²) in [6, 6.07) is 14.9. The highest BCUT2D eigenvalue weighted by atomic mass is 79.9. The first kappa shape index (κ1) is 13.6. The largest absolute Gasteiger partial charge is 0.309 e. The number of benzene rings is 2. The lowest BCUT2D eigenvalue weighted by Gasteiger charge is -1.97. The van der Waals surface area contributed by atoms with Gasteiger partial charge >= 0.3 is 0 Å². The molecule has 0 unspecified atom stereocenters. The molecule has 4 rings (SSSR count). The number of rotatable bonds is 0. The molecule has 3 heteroatoms. The molecule has 2 aromatic carbocycles. The molecule has 0 bridgehead atoms. The Bertz CT molecular complexity index is 533. The van der Waals surface area contributed by atoms with Crippen molar-refractivity contribution in [3.05, 3.63) is 69.2 Å². The average molecular weight is 325 g/mol. The molecule has 94 valence electrons. The first-order chi connectivity index (χ1) is 8.34. The van der Waals surface area contributed by atoms with Gasteiger partial charge in [-0.1, -0.05) is 52.3 Å². The average Bonchev–Trinajstić information content (AvgIpc) is 2.98. The maximum Gasteiger partial charge on any atom is 0.0223 e. The molecule has 1 heterocycles. The summed E-state index contributed by atoms with van der Waals surface area (Å²) < 4.78 is 1.23. The van der Waals surface area contributed by atoms with Crippen molar-refractivity contribution >= 4 is 28.3 Å². The third-order valence-electron chi connectivity index (χ3n) is 3.21. The fourth-order valence-electron chi connectivity index (χ4n) is 2.13. The van der Waals surface area contributed by atoms with Crippen molar-refractivity contribution in [2.24, 2.45) is 0 Å². The molecular formula is C15H15BrClN. The van der Waals surface area contributed by atoms with E-state index < -0.39 is 0 Å². The van der Waals surface area contributed by atoms with Crippen molar-refractivity contribution in [2.75, 3.05) is 0 Å². The fourth-order valence-corrected chi connectivity index (χ4v) is 2.67. The zero-order valence-corrected chi connectivity index (χ0v) is 12.4. The van der Waals surface area contributed by atoms with Crippen LogP contribution in [0, 0.1) is 0 Å². The highest BCUT2D eigenvalue weighted by Gasteiger charge is 2.12. The van der Waals surface area contributed by atoms with Crippen LogP contribution in [-0.2, 0) is 19.5 Å². The van der Waals surface area contributed by atoms with Crippen LogP contribution in [0.15, 0.2) is 46.9 Å². The fraction of sp³-hybridized carbons (Fsp3) is 0.200. The SMILES string of the molecule is Brc1cccc2c1CNC2.Cl.c1ccc2c(c1)C2. The van der Waals surface area contributed by atoms with Crippen LogP contribution in [0.2, 0.25) is 0 Å². The summed E-state index contributed by atoms with van der Waals surface area (Å²) in [4.78, 5) is 0. The zero-order chi connectivity index (χ0) is 11.7. The summed E-state index contributed by atoms with van der Waals surface area (Å²) in [7, 11) is 0. The van der Waals surface area contributed by atoms with Crippen LogP contribution >= 0.6 is 28.3 Å². The Labute approximate surface area is 122 Å². The molecule has 0 aromatic heterocycles. The molecule has 1 aliphatic heterocycles. The van der Waals surface area contributed by atoms with E-state index in [1.165, 1.54) is 33.1 Å². The van der Waals surface area contributed by atoms with Gasteiger partial charge in [0.15, 0.2) is 0 Å². The first-order valence-corrected chi connectivity index (χ1v) is 6.67. The van der Waals surface area contributed by atoms with Crippen molar-refractivity contribution in [1.82, 2.24) is 5.32 Å². The van der Waals surface area contributed by atoms with Crippen molar-refractivity contribution in [3.63, 3.8) is 0 Å². The Kier molecular flexibility index (Phi) is 4.44. The minimum atomic E-state index is 0. The second-order valence-corrected chi connectivity index (χ2v) is 5.28. The second-order valence-electron chi connectivity index (χ2n) is 4.43. The van der Waals surface area contributed by atoms with Crippen LogP contribution in [0.25, 0.3) is 0 Å². The Balaban J connectivity index is 0.000000133. The number of nitrogens with one attached hydrogen (secondary N) is 1. The van der Waals surface area contributed by atoms with Crippen LogP contribution in [0.1, 0.15) is 22.3 Å². The number of hydrogen-bond acceptors (Lipinski definition) is 1. The molecule has 1 aliphatic carbocycles. The van der Waals surface area contributed by atoms with E-state index in [0.29, 0.717) is 0 Å². The van der Waals surface area contributed by atoms with Gasteiger partial charge in [-0.3, -0.25) is 0 Å². The van der Waals surface area contributed by atoms with E-state index in [-0.39, 0.29) is 12.4 Å². The van der Waals surface area contributed by atoms with Crippen molar-refractivity contribution in [2.45, 2.75) is 19.5 Å². The van der Waals surface area contributed by atoms with E-state index in [2.05, 4.69) is 63.7 Å². The summed E-state index contributed by atoms with van der Waals surface area (Å²) in [5, 5.41) is 3.30. The highest BCUT2D eigenvalue weighted by Crippen LogP contribution is 2.25.